The van der Waals surface area contributed by atoms with Crippen molar-refractivity contribution in [2.45, 2.75) is 39.0 Å². The number of hydrogen-bond acceptors (Lipinski definition) is 1. The van der Waals surface area contributed by atoms with Crippen LogP contribution in [0.2, 0.25) is 0 Å². The minimum absolute atomic E-state index is 0.0280. The van der Waals surface area contributed by atoms with E-state index in [-0.39, 0.29) is 11.8 Å². The van der Waals surface area contributed by atoms with Crippen LogP contribution >= 0.6 is 0 Å². The fraction of sp³-hybridized carbons (Fsp3) is 0.381. The van der Waals surface area contributed by atoms with E-state index in [1.807, 2.05) is 43.0 Å². The molecule has 0 fully saturated rings. The molecule has 2 nitrogen and oxygen atoms in total. The standard InChI is InChI=1S/C21H27NO/c1-3-22(4-2)21(23)20(19-15-9-6-10-16-19)17-11-14-18-12-7-5-8-13-18/h5-10,12-13,15-16,20H,3-4,11,14,17H2,1-2H3. The summed E-state index contributed by atoms with van der Waals surface area (Å²) in [6, 6.07) is 20.7. The van der Waals surface area contributed by atoms with Gasteiger partial charge in [0, 0.05) is 13.1 Å². The molecule has 23 heavy (non-hydrogen) atoms. The first-order valence-electron chi connectivity index (χ1n) is 8.63. The highest BCUT2D eigenvalue weighted by Crippen LogP contribution is 2.25. The van der Waals surface area contributed by atoms with E-state index >= 15 is 0 Å². The number of hydrogen-bond donors (Lipinski definition) is 0. The highest BCUT2D eigenvalue weighted by molar-refractivity contribution is 5.83. The molecular weight excluding hydrogens is 282 g/mol. The van der Waals surface area contributed by atoms with Crippen molar-refractivity contribution in [2.24, 2.45) is 0 Å². The fourth-order valence-electron chi connectivity index (χ4n) is 3.03. The second-order valence-corrected chi connectivity index (χ2v) is 5.85. The zero-order chi connectivity index (χ0) is 16.5. The molecule has 0 heterocycles. The van der Waals surface area contributed by atoms with Crippen molar-refractivity contribution in [2.75, 3.05) is 13.1 Å². The van der Waals surface area contributed by atoms with Crippen LogP contribution in [0.25, 0.3) is 0 Å². The smallest absolute Gasteiger partial charge is 0.230 e. The van der Waals surface area contributed by atoms with E-state index < -0.39 is 0 Å². The zero-order valence-corrected chi connectivity index (χ0v) is 14.2. The molecule has 0 saturated heterocycles. The molecule has 1 amide bonds. The molecule has 2 aromatic rings. The van der Waals surface area contributed by atoms with E-state index in [1.165, 1.54) is 5.56 Å². The monoisotopic (exact) mass is 309 g/mol. The maximum Gasteiger partial charge on any atom is 0.230 e. The van der Waals surface area contributed by atoms with Crippen LogP contribution < -0.4 is 0 Å². The van der Waals surface area contributed by atoms with Crippen LogP contribution in [0.15, 0.2) is 60.7 Å². The molecule has 0 aromatic heterocycles. The van der Waals surface area contributed by atoms with Gasteiger partial charge < -0.3 is 4.90 Å². The van der Waals surface area contributed by atoms with Gasteiger partial charge in [0.15, 0.2) is 0 Å². The van der Waals surface area contributed by atoms with Gasteiger partial charge in [-0.3, -0.25) is 4.79 Å². The third-order valence-electron chi connectivity index (χ3n) is 4.38. The first-order chi connectivity index (χ1) is 11.3. The second kappa shape index (κ2) is 9.14. The lowest BCUT2D eigenvalue weighted by molar-refractivity contribution is -0.132. The number of amides is 1. The molecule has 122 valence electrons. The topological polar surface area (TPSA) is 20.3 Å². The molecule has 0 aliphatic heterocycles. The zero-order valence-electron chi connectivity index (χ0n) is 14.2. The number of carbonyl (C=O) groups is 1. The lowest BCUT2D eigenvalue weighted by Crippen LogP contribution is -2.35. The summed E-state index contributed by atoms with van der Waals surface area (Å²) >= 11 is 0. The van der Waals surface area contributed by atoms with Crippen LogP contribution in [0.3, 0.4) is 0 Å². The molecule has 2 aromatic carbocycles. The van der Waals surface area contributed by atoms with Gasteiger partial charge in [-0.15, -0.1) is 0 Å². The average molecular weight is 309 g/mol. The largest absolute Gasteiger partial charge is 0.343 e. The molecule has 1 atom stereocenters. The Labute approximate surface area is 140 Å². The Hall–Kier alpha value is -2.09. The Balaban J connectivity index is 2.06. The summed E-state index contributed by atoms with van der Waals surface area (Å²) in [5.74, 6) is 0.231. The lowest BCUT2D eigenvalue weighted by atomic mass is 9.91. The minimum Gasteiger partial charge on any atom is -0.343 e. The SMILES string of the molecule is CCN(CC)C(=O)C(CCCc1ccccc1)c1ccccc1. The van der Waals surface area contributed by atoms with Crippen LogP contribution in [-0.2, 0) is 11.2 Å². The first kappa shape index (κ1) is 17.3. The number of carbonyl (C=O) groups excluding carboxylic acids is 1. The molecule has 0 N–H and O–H groups in total. The number of nitrogens with zero attached hydrogens (tertiary/aromatic N) is 1. The van der Waals surface area contributed by atoms with E-state index in [9.17, 15) is 4.79 Å². The van der Waals surface area contributed by atoms with Crippen LogP contribution in [-0.4, -0.2) is 23.9 Å². The van der Waals surface area contributed by atoms with E-state index in [2.05, 4.69) is 36.4 Å². The molecule has 2 heteroatoms. The quantitative estimate of drug-likeness (QED) is 0.694. The van der Waals surface area contributed by atoms with E-state index in [1.54, 1.807) is 0 Å². The van der Waals surface area contributed by atoms with Gasteiger partial charge in [0.25, 0.3) is 0 Å². The minimum atomic E-state index is -0.0280. The molecule has 0 radical (unpaired) electrons. The molecule has 0 saturated carbocycles. The van der Waals surface area contributed by atoms with Crippen molar-refractivity contribution in [3.8, 4) is 0 Å². The Morgan fingerprint density at radius 1 is 0.913 bits per heavy atom. The maximum absolute atomic E-state index is 12.9. The van der Waals surface area contributed by atoms with Crippen molar-refractivity contribution in [3.05, 3.63) is 71.8 Å². The molecule has 0 spiro atoms. The summed E-state index contributed by atoms with van der Waals surface area (Å²) in [6.07, 6.45) is 2.94. The molecule has 1 unspecified atom stereocenters. The lowest BCUT2D eigenvalue weighted by Gasteiger charge is -2.25. The third-order valence-corrected chi connectivity index (χ3v) is 4.38. The van der Waals surface area contributed by atoms with Crippen LogP contribution in [0, 0.1) is 0 Å². The number of rotatable bonds is 8. The Kier molecular flexibility index (Phi) is 6.86. The number of benzene rings is 2. The molecule has 0 aliphatic rings. The summed E-state index contributed by atoms with van der Waals surface area (Å²) < 4.78 is 0. The fourth-order valence-corrected chi connectivity index (χ4v) is 3.03. The van der Waals surface area contributed by atoms with Gasteiger partial charge in [-0.05, 0) is 44.2 Å². The van der Waals surface area contributed by atoms with Gasteiger partial charge in [-0.25, -0.2) is 0 Å². The van der Waals surface area contributed by atoms with Gasteiger partial charge in [-0.2, -0.15) is 0 Å². The number of likely N-dealkylation sites (N-methyl/N-ethyl adjacent to an activating group) is 1. The van der Waals surface area contributed by atoms with Crippen LogP contribution in [0.4, 0.5) is 0 Å². The van der Waals surface area contributed by atoms with Gasteiger partial charge >= 0.3 is 0 Å². The molecule has 0 aliphatic carbocycles. The van der Waals surface area contributed by atoms with Crippen molar-refractivity contribution in [3.63, 3.8) is 0 Å². The molecule has 0 bridgehead atoms. The van der Waals surface area contributed by atoms with Gasteiger partial charge in [0.1, 0.15) is 0 Å². The summed E-state index contributed by atoms with van der Waals surface area (Å²) in [5, 5.41) is 0. The van der Waals surface area contributed by atoms with E-state index in [4.69, 9.17) is 0 Å². The highest BCUT2D eigenvalue weighted by Gasteiger charge is 2.23. The van der Waals surface area contributed by atoms with Crippen molar-refractivity contribution in [1.29, 1.82) is 0 Å². The summed E-state index contributed by atoms with van der Waals surface area (Å²) in [7, 11) is 0. The Morgan fingerprint density at radius 3 is 2.04 bits per heavy atom. The van der Waals surface area contributed by atoms with Crippen molar-refractivity contribution in [1.82, 2.24) is 4.90 Å². The normalized spacial score (nSPS) is 11.9. The van der Waals surface area contributed by atoms with Gasteiger partial charge in [-0.1, -0.05) is 60.7 Å². The van der Waals surface area contributed by atoms with Crippen molar-refractivity contribution < 1.29 is 4.79 Å². The predicted molar refractivity (Wildman–Crippen MR) is 96.5 cm³/mol. The summed E-state index contributed by atoms with van der Waals surface area (Å²) in [6.45, 7) is 5.65. The third kappa shape index (κ3) is 4.95. The van der Waals surface area contributed by atoms with Crippen molar-refractivity contribution >= 4 is 5.91 Å². The first-order valence-corrected chi connectivity index (χ1v) is 8.63. The van der Waals surface area contributed by atoms with E-state index in [0.717, 1.165) is 37.9 Å². The highest BCUT2D eigenvalue weighted by atomic mass is 16.2. The van der Waals surface area contributed by atoms with Crippen LogP contribution in [0.5, 0.6) is 0 Å². The van der Waals surface area contributed by atoms with Crippen LogP contribution in [0.1, 0.15) is 43.7 Å². The molecule has 2 rings (SSSR count). The van der Waals surface area contributed by atoms with Gasteiger partial charge in [0.05, 0.1) is 5.92 Å². The predicted octanol–water partition coefficient (Wildman–Crippen LogP) is 4.66. The summed E-state index contributed by atoms with van der Waals surface area (Å²) in [5.41, 5.74) is 2.48. The Bertz CT molecular complexity index is 575. The average Bonchev–Trinajstić information content (AvgIpc) is 2.61. The summed E-state index contributed by atoms with van der Waals surface area (Å²) in [4.78, 5) is 14.8. The van der Waals surface area contributed by atoms with E-state index in [0.29, 0.717) is 0 Å². The van der Waals surface area contributed by atoms with Gasteiger partial charge in [0.2, 0.25) is 5.91 Å². The second-order valence-electron chi connectivity index (χ2n) is 5.85. The maximum atomic E-state index is 12.9. The Morgan fingerprint density at radius 2 is 1.48 bits per heavy atom. The molecular formula is C21H27NO. The number of aryl methyl sites for hydroxylation is 1.